The van der Waals surface area contributed by atoms with E-state index < -0.39 is 0 Å². The van der Waals surface area contributed by atoms with Crippen LogP contribution in [0.1, 0.15) is 20.8 Å². The van der Waals surface area contributed by atoms with Crippen LogP contribution < -0.4 is 11.2 Å². The molecule has 10 heavy (non-hydrogen) atoms. The predicted molar refractivity (Wildman–Crippen MR) is 40.2 cm³/mol. The van der Waals surface area contributed by atoms with Crippen molar-refractivity contribution >= 4 is 5.91 Å². The standard InChI is InChI=1S/C4H10N2O2.C2H6/c1-4(7)6-2-3-8-5;1-2/h2-3,5H2,1H3,(H,6,7);1-2H3. The lowest BCUT2D eigenvalue weighted by Gasteiger charge is -1.96. The normalized spacial score (nSPS) is 7.60. The molecule has 1 amide bonds. The number of carbonyl (C=O) groups excluding carboxylic acids is 1. The Balaban J connectivity index is 0. The van der Waals surface area contributed by atoms with E-state index in [9.17, 15) is 4.79 Å². The van der Waals surface area contributed by atoms with Crippen molar-refractivity contribution < 1.29 is 9.63 Å². The second-order valence-corrected chi connectivity index (χ2v) is 1.35. The van der Waals surface area contributed by atoms with Gasteiger partial charge in [-0.15, -0.1) is 0 Å². The monoisotopic (exact) mass is 148 g/mol. The number of rotatable bonds is 3. The van der Waals surface area contributed by atoms with Crippen molar-refractivity contribution in [2.75, 3.05) is 13.2 Å². The summed E-state index contributed by atoms with van der Waals surface area (Å²) in [7, 11) is 0. The molecule has 4 nitrogen and oxygen atoms in total. The second-order valence-electron chi connectivity index (χ2n) is 1.35. The molecule has 0 heterocycles. The van der Waals surface area contributed by atoms with Crippen LogP contribution in [0.4, 0.5) is 0 Å². The first kappa shape index (κ1) is 12.1. The number of hydrogen-bond donors (Lipinski definition) is 2. The summed E-state index contributed by atoms with van der Waals surface area (Å²) < 4.78 is 0. The van der Waals surface area contributed by atoms with Crippen LogP contribution in [-0.4, -0.2) is 19.1 Å². The molecule has 0 radical (unpaired) electrons. The van der Waals surface area contributed by atoms with Crippen molar-refractivity contribution in [2.24, 2.45) is 5.90 Å². The molecule has 0 aromatic carbocycles. The van der Waals surface area contributed by atoms with Gasteiger partial charge in [-0.3, -0.25) is 4.79 Å². The van der Waals surface area contributed by atoms with E-state index in [1.54, 1.807) is 0 Å². The topological polar surface area (TPSA) is 64.3 Å². The maximum Gasteiger partial charge on any atom is 0.216 e. The Morgan fingerprint density at radius 1 is 1.60 bits per heavy atom. The van der Waals surface area contributed by atoms with Crippen LogP contribution in [0.15, 0.2) is 0 Å². The predicted octanol–water partition coefficient (Wildman–Crippen LogP) is 0.0390. The molecule has 0 rings (SSSR count). The zero-order valence-electron chi connectivity index (χ0n) is 6.81. The first-order valence-corrected chi connectivity index (χ1v) is 3.33. The molecule has 0 aromatic heterocycles. The summed E-state index contributed by atoms with van der Waals surface area (Å²) in [5.41, 5.74) is 0. The number of amides is 1. The summed E-state index contributed by atoms with van der Waals surface area (Å²) in [5.74, 6) is 4.60. The zero-order valence-corrected chi connectivity index (χ0v) is 6.81. The van der Waals surface area contributed by atoms with Gasteiger partial charge < -0.3 is 10.2 Å². The highest BCUT2D eigenvalue weighted by Crippen LogP contribution is 1.60. The SMILES string of the molecule is CC.CC(=O)NCCON. The van der Waals surface area contributed by atoms with Gasteiger partial charge in [-0.05, 0) is 0 Å². The van der Waals surface area contributed by atoms with Crippen molar-refractivity contribution in [3.8, 4) is 0 Å². The highest BCUT2D eigenvalue weighted by molar-refractivity contribution is 5.72. The first-order valence-electron chi connectivity index (χ1n) is 3.33. The van der Waals surface area contributed by atoms with Crippen molar-refractivity contribution in [1.29, 1.82) is 0 Å². The summed E-state index contributed by atoms with van der Waals surface area (Å²) >= 11 is 0. The first-order chi connectivity index (χ1) is 4.77. The van der Waals surface area contributed by atoms with Gasteiger partial charge >= 0.3 is 0 Å². The van der Waals surface area contributed by atoms with Crippen molar-refractivity contribution in [3.63, 3.8) is 0 Å². The van der Waals surface area contributed by atoms with Crippen molar-refractivity contribution in [1.82, 2.24) is 5.32 Å². The van der Waals surface area contributed by atoms with E-state index in [4.69, 9.17) is 0 Å². The molecule has 0 unspecified atom stereocenters. The van der Waals surface area contributed by atoms with E-state index in [0.717, 1.165) is 0 Å². The molecule has 0 atom stereocenters. The molecule has 0 fully saturated rings. The summed E-state index contributed by atoms with van der Waals surface area (Å²) in [6.45, 7) is 6.28. The van der Waals surface area contributed by atoms with Crippen LogP contribution in [0.3, 0.4) is 0 Å². The fourth-order valence-corrected chi connectivity index (χ4v) is 0.286. The maximum absolute atomic E-state index is 10.1. The molecule has 62 valence electrons. The third kappa shape index (κ3) is 15.7. The van der Waals surface area contributed by atoms with E-state index in [-0.39, 0.29) is 5.91 Å². The number of hydrogen-bond acceptors (Lipinski definition) is 3. The molecule has 0 aliphatic heterocycles. The van der Waals surface area contributed by atoms with Gasteiger partial charge in [-0.25, -0.2) is 5.90 Å². The molecular formula is C6H16N2O2. The third-order valence-electron chi connectivity index (χ3n) is 0.594. The van der Waals surface area contributed by atoms with Crippen molar-refractivity contribution in [3.05, 3.63) is 0 Å². The van der Waals surface area contributed by atoms with Crippen LogP contribution in [0, 0.1) is 0 Å². The van der Waals surface area contributed by atoms with Gasteiger partial charge in [0, 0.05) is 13.5 Å². The molecule has 0 aliphatic carbocycles. The van der Waals surface area contributed by atoms with Gasteiger partial charge in [0.2, 0.25) is 5.91 Å². The van der Waals surface area contributed by atoms with Crippen molar-refractivity contribution in [2.45, 2.75) is 20.8 Å². The highest BCUT2D eigenvalue weighted by Gasteiger charge is 1.86. The highest BCUT2D eigenvalue weighted by atomic mass is 16.6. The number of carbonyl (C=O) groups is 1. The summed E-state index contributed by atoms with van der Waals surface area (Å²) in [6.07, 6.45) is 0. The third-order valence-corrected chi connectivity index (χ3v) is 0.594. The van der Waals surface area contributed by atoms with Crippen LogP contribution in [0.5, 0.6) is 0 Å². The summed E-state index contributed by atoms with van der Waals surface area (Å²) in [4.78, 5) is 14.3. The Hall–Kier alpha value is -0.610. The van der Waals surface area contributed by atoms with Gasteiger partial charge in [0.1, 0.15) is 0 Å². The zero-order chi connectivity index (χ0) is 8.41. The van der Waals surface area contributed by atoms with Gasteiger partial charge in [-0.1, -0.05) is 13.8 Å². The average molecular weight is 148 g/mol. The minimum absolute atomic E-state index is 0.0675. The number of nitrogens with one attached hydrogen (secondary N) is 1. The molecule has 0 bridgehead atoms. The molecule has 4 heteroatoms. The molecular weight excluding hydrogens is 132 g/mol. The summed E-state index contributed by atoms with van der Waals surface area (Å²) in [6, 6.07) is 0. The second kappa shape index (κ2) is 11.2. The van der Waals surface area contributed by atoms with E-state index in [1.807, 2.05) is 13.8 Å². The Bertz CT molecular complexity index is 76.1. The Morgan fingerprint density at radius 3 is 2.40 bits per heavy atom. The Kier molecular flexibility index (Phi) is 13.6. The minimum Gasteiger partial charge on any atom is -0.354 e. The lowest BCUT2D eigenvalue weighted by molar-refractivity contribution is -0.119. The molecule has 0 saturated heterocycles. The van der Waals surface area contributed by atoms with Gasteiger partial charge in [0.05, 0.1) is 6.61 Å². The van der Waals surface area contributed by atoms with Gasteiger partial charge in [0.15, 0.2) is 0 Å². The Morgan fingerprint density at radius 2 is 2.10 bits per heavy atom. The molecule has 0 aliphatic rings. The smallest absolute Gasteiger partial charge is 0.216 e. The van der Waals surface area contributed by atoms with Crippen LogP contribution in [-0.2, 0) is 9.63 Å². The van der Waals surface area contributed by atoms with Crippen LogP contribution in [0.25, 0.3) is 0 Å². The fraction of sp³-hybridized carbons (Fsp3) is 0.833. The Labute approximate surface area is 61.7 Å². The van der Waals surface area contributed by atoms with Gasteiger partial charge in [0.25, 0.3) is 0 Å². The molecule has 0 saturated carbocycles. The number of nitrogens with two attached hydrogens (primary N) is 1. The maximum atomic E-state index is 10.1. The average Bonchev–Trinajstić information content (AvgIpc) is 1.92. The lowest BCUT2D eigenvalue weighted by atomic mass is 10.6. The van der Waals surface area contributed by atoms with Crippen LogP contribution >= 0.6 is 0 Å². The van der Waals surface area contributed by atoms with Crippen LogP contribution in [0.2, 0.25) is 0 Å². The molecule has 3 N–H and O–H groups in total. The van der Waals surface area contributed by atoms with Gasteiger partial charge in [-0.2, -0.15) is 0 Å². The lowest BCUT2D eigenvalue weighted by Crippen LogP contribution is -2.25. The van der Waals surface area contributed by atoms with E-state index >= 15 is 0 Å². The molecule has 0 aromatic rings. The minimum atomic E-state index is -0.0675. The van der Waals surface area contributed by atoms with E-state index in [1.165, 1.54) is 6.92 Å². The quantitative estimate of drug-likeness (QED) is 0.438. The fourth-order valence-electron chi connectivity index (χ4n) is 0.286. The van der Waals surface area contributed by atoms with E-state index in [0.29, 0.717) is 13.2 Å². The van der Waals surface area contributed by atoms with E-state index in [2.05, 4.69) is 16.1 Å². The molecule has 0 spiro atoms. The summed E-state index contributed by atoms with van der Waals surface area (Å²) in [5, 5.41) is 2.50. The largest absolute Gasteiger partial charge is 0.354 e.